The van der Waals surface area contributed by atoms with Crippen LogP contribution in [-0.4, -0.2) is 41.7 Å². The van der Waals surface area contributed by atoms with Gasteiger partial charge in [0.15, 0.2) is 0 Å². The molecular weight excluding hydrogens is 150 g/mol. The summed E-state index contributed by atoms with van der Waals surface area (Å²) in [6.45, 7) is 0.168. The van der Waals surface area contributed by atoms with Gasteiger partial charge in [-0.25, -0.2) is 0 Å². The van der Waals surface area contributed by atoms with Gasteiger partial charge in [-0.3, -0.25) is 0 Å². The zero-order valence-electron chi connectivity index (χ0n) is 5.79. The molecule has 6 heteroatoms. The van der Waals surface area contributed by atoms with Crippen molar-refractivity contribution < 1.29 is 14.9 Å². The van der Waals surface area contributed by atoms with Crippen LogP contribution in [0.2, 0.25) is 0 Å². The molecule has 3 atom stereocenters. The molecule has 0 aromatic heterocycles. The van der Waals surface area contributed by atoms with Gasteiger partial charge in [-0.15, -0.1) is 0 Å². The second-order valence-corrected chi connectivity index (χ2v) is 2.34. The molecule has 0 saturated carbocycles. The van der Waals surface area contributed by atoms with Crippen LogP contribution in [-0.2, 0) is 4.74 Å². The van der Waals surface area contributed by atoms with E-state index in [2.05, 4.69) is 10.0 Å². The Hall–Kier alpha value is -0.810. The summed E-state index contributed by atoms with van der Waals surface area (Å²) in [6.07, 6.45) is -2.34. The Morgan fingerprint density at radius 1 is 1.64 bits per heavy atom. The van der Waals surface area contributed by atoms with Crippen molar-refractivity contribution in [3.8, 4) is 0 Å². The molecule has 1 saturated heterocycles. The fourth-order valence-electron chi connectivity index (χ4n) is 0.945. The van der Waals surface area contributed by atoms with Gasteiger partial charge in [0.05, 0.1) is 19.3 Å². The Labute approximate surface area is 63.0 Å². The number of rotatable bonds is 2. The first kappa shape index (κ1) is 8.29. The molecule has 1 aliphatic rings. The summed E-state index contributed by atoms with van der Waals surface area (Å²) in [6, 6.07) is 0. The highest BCUT2D eigenvalue weighted by molar-refractivity contribution is 4.84. The predicted octanol–water partition coefficient (Wildman–Crippen LogP) is -0.583. The molecule has 2 N–H and O–H groups in total. The van der Waals surface area contributed by atoms with E-state index in [-0.39, 0.29) is 13.2 Å². The summed E-state index contributed by atoms with van der Waals surface area (Å²) in [4.78, 5) is 2.51. The molecule has 0 radical (unpaired) electrons. The number of nitrogens with zero attached hydrogens (tertiary/aromatic N) is 3. The normalized spacial score (nSPS) is 36.7. The Kier molecular flexibility index (Phi) is 2.67. The number of aliphatic hydroxyl groups excluding tert-OH is 2. The first-order valence-electron chi connectivity index (χ1n) is 3.24. The minimum Gasteiger partial charge on any atom is -0.388 e. The molecule has 0 amide bonds. The maximum Gasteiger partial charge on any atom is 0.108 e. The van der Waals surface area contributed by atoms with Gasteiger partial charge in [0, 0.05) is 4.91 Å². The largest absolute Gasteiger partial charge is 0.388 e. The van der Waals surface area contributed by atoms with Crippen LogP contribution in [0.3, 0.4) is 0 Å². The number of aliphatic hydroxyl groups is 2. The second kappa shape index (κ2) is 3.54. The Bertz CT molecular complexity index is 180. The molecule has 6 nitrogen and oxygen atoms in total. The fraction of sp³-hybridized carbons (Fsp3) is 1.00. The van der Waals surface area contributed by atoms with Gasteiger partial charge in [0.25, 0.3) is 0 Å². The van der Waals surface area contributed by atoms with Gasteiger partial charge < -0.3 is 14.9 Å². The fourth-order valence-corrected chi connectivity index (χ4v) is 0.945. The van der Waals surface area contributed by atoms with Crippen LogP contribution in [0.5, 0.6) is 0 Å². The van der Waals surface area contributed by atoms with Crippen molar-refractivity contribution in [1.29, 1.82) is 0 Å². The van der Waals surface area contributed by atoms with Crippen LogP contribution in [0.15, 0.2) is 5.11 Å². The predicted molar refractivity (Wildman–Crippen MR) is 35.8 cm³/mol. The molecule has 1 fully saturated rings. The zero-order chi connectivity index (χ0) is 8.27. The van der Waals surface area contributed by atoms with Crippen molar-refractivity contribution in [3.05, 3.63) is 10.4 Å². The van der Waals surface area contributed by atoms with Crippen molar-refractivity contribution in [1.82, 2.24) is 0 Å². The molecular formula is C5H9N3O3. The number of azide groups is 1. The van der Waals surface area contributed by atoms with Crippen molar-refractivity contribution in [2.24, 2.45) is 5.11 Å². The number of hydrogen-bond acceptors (Lipinski definition) is 4. The standard InChI is InChI=1S/C5H9N3O3/c6-8-7-1-4-5(10)3(9)2-11-4/h3-5,9-10H,1-2H2. The third-order valence-corrected chi connectivity index (χ3v) is 1.58. The van der Waals surface area contributed by atoms with E-state index >= 15 is 0 Å². The van der Waals surface area contributed by atoms with E-state index in [1.165, 1.54) is 0 Å². The summed E-state index contributed by atoms with van der Waals surface area (Å²) in [5, 5.41) is 21.3. The maximum absolute atomic E-state index is 9.13. The molecule has 3 unspecified atom stereocenters. The molecule has 0 aliphatic carbocycles. The van der Waals surface area contributed by atoms with Gasteiger partial charge in [-0.05, 0) is 5.53 Å². The molecule has 1 aliphatic heterocycles. The van der Waals surface area contributed by atoms with Crippen LogP contribution in [0, 0.1) is 0 Å². The molecule has 62 valence electrons. The smallest absolute Gasteiger partial charge is 0.108 e. The summed E-state index contributed by atoms with van der Waals surface area (Å²) in [5.41, 5.74) is 7.94. The van der Waals surface area contributed by atoms with Gasteiger partial charge in [-0.2, -0.15) is 0 Å². The van der Waals surface area contributed by atoms with Crippen molar-refractivity contribution >= 4 is 0 Å². The highest BCUT2D eigenvalue weighted by Gasteiger charge is 2.33. The minimum absolute atomic E-state index is 0.0642. The van der Waals surface area contributed by atoms with E-state index in [1.54, 1.807) is 0 Å². The summed E-state index contributed by atoms with van der Waals surface area (Å²) < 4.78 is 4.91. The quantitative estimate of drug-likeness (QED) is 0.320. The van der Waals surface area contributed by atoms with Gasteiger partial charge in [-0.1, -0.05) is 5.11 Å². The molecule has 0 aromatic carbocycles. The van der Waals surface area contributed by atoms with Crippen molar-refractivity contribution in [2.45, 2.75) is 18.3 Å². The average Bonchev–Trinajstić information content (AvgIpc) is 2.31. The van der Waals surface area contributed by atoms with Gasteiger partial charge in [0.1, 0.15) is 12.2 Å². The lowest BCUT2D eigenvalue weighted by Gasteiger charge is -2.10. The summed E-state index contributed by atoms with van der Waals surface area (Å²) in [7, 11) is 0. The highest BCUT2D eigenvalue weighted by Crippen LogP contribution is 2.14. The highest BCUT2D eigenvalue weighted by atomic mass is 16.5. The van der Waals surface area contributed by atoms with Gasteiger partial charge >= 0.3 is 0 Å². The van der Waals surface area contributed by atoms with Crippen LogP contribution < -0.4 is 0 Å². The van der Waals surface area contributed by atoms with E-state index in [4.69, 9.17) is 20.5 Å². The second-order valence-electron chi connectivity index (χ2n) is 2.34. The van der Waals surface area contributed by atoms with E-state index in [0.717, 1.165) is 0 Å². The molecule has 0 bridgehead atoms. The maximum atomic E-state index is 9.13. The third kappa shape index (κ3) is 1.81. The Morgan fingerprint density at radius 3 is 2.82 bits per heavy atom. The number of hydrogen-bond donors (Lipinski definition) is 2. The summed E-state index contributed by atoms with van der Waals surface area (Å²) >= 11 is 0. The molecule has 0 aromatic rings. The lowest BCUT2D eigenvalue weighted by molar-refractivity contribution is 0.0276. The summed E-state index contributed by atoms with van der Waals surface area (Å²) in [5.74, 6) is 0. The van der Waals surface area contributed by atoms with Crippen LogP contribution in [0.25, 0.3) is 10.4 Å². The van der Waals surface area contributed by atoms with Crippen LogP contribution in [0.1, 0.15) is 0 Å². The van der Waals surface area contributed by atoms with E-state index in [0.29, 0.717) is 0 Å². The Morgan fingerprint density at radius 2 is 2.36 bits per heavy atom. The first-order valence-corrected chi connectivity index (χ1v) is 3.24. The zero-order valence-corrected chi connectivity index (χ0v) is 5.79. The van der Waals surface area contributed by atoms with E-state index < -0.39 is 18.3 Å². The third-order valence-electron chi connectivity index (χ3n) is 1.58. The SMILES string of the molecule is [N-]=[N+]=NCC1OCC(O)C1O. The van der Waals surface area contributed by atoms with Gasteiger partial charge in [0.2, 0.25) is 0 Å². The van der Waals surface area contributed by atoms with E-state index in [1.807, 2.05) is 0 Å². The Balaban J connectivity index is 2.41. The molecule has 0 spiro atoms. The van der Waals surface area contributed by atoms with Crippen molar-refractivity contribution in [2.75, 3.05) is 13.2 Å². The number of ether oxygens (including phenoxy) is 1. The molecule has 1 heterocycles. The topological polar surface area (TPSA) is 98.5 Å². The van der Waals surface area contributed by atoms with Crippen LogP contribution >= 0.6 is 0 Å². The molecule has 11 heavy (non-hydrogen) atoms. The van der Waals surface area contributed by atoms with E-state index in [9.17, 15) is 0 Å². The monoisotopic (exact) mass is 159 g/mol. The van der Waals surface area contributed by atoms with Crippen LogP contribution in [0.4, 0.5) is 0 Å². The van der Waals surface area contributed by atoms with Crippen molar-refractivity contribution in [3.63, 3.8) is 0 Å². The first-order chi connectivity index (χ1) is 5.25. The lowest BCUT2D eigenvalue weighted by atomic mass is 10.1. The lowest BCUT2D eigenvalue weighted by Crippen LogP contribution is -2.31. The average molecular weight is 159 g/mol. The molecule has 1 rings (SSSR count). The minimum atomic E-state index is -0.930.